The van der Waals surface area contributed by atoms with Crippen LogP contribution in [0.25, 0.3) is 0 Å². The molecule has 0 saturated heterocycles. The Morgan fingerprint density at radius 1 is 0.433 bits per heavy atom. The van der Waals surface area contributed by atoms with Crippen LogP contribution in [0.3, 0.4) is 0 Å². The van der Waals surface area contributed by atoms with Crippen molar-refractivity contribution in [1.82, 2.24) is 0 Å². The van der Waals surface area contributed by atoms with Gasteiger partial charge in [-0.1, -0.05) is 72.8 Å². The molecule has 0 spiro atoms. The standard InChI is InChI=1S/2C12H11N.CH2O3/c2*1-3-7-11(8-4-1)13-12-9-5-2-6-10-12;2-1(3)4/h2*1-10,13H;(H2,2,3,4). The molecule has 0 aliphatic carbocycles. The highest BCUT2D eigenvalue weighted by molar-refractivity contribution is 5.47. The molecule has 0 unspecified atom stereocenters. The minimum Gasteiger partial charge on any atom is -0.652 e. The number of nitrogens with two attached hydrogens (primary N) is 2. The molecule has 0 aromatic heterocycles. The maximum Gasteiger partial charge on any atom is 0.134 e. The Kier molecular flexibility index (Phi) is 9.90. The molecule has 0 aliphatic rings. The van der Waals surface area contributed by atoms with Gasteiger partial charge in [0, 0.05) is 0 Å². The fourth-order valence-corrected chi connectivity index (χ4v) is 2.58. The number of rotatable bonds is 4. The van der Waals surface area contributed by atoms with Gasteiger partial charge in [-0.2, -0.15) is 0 Å². The smallest absolute Gasteiger partial charge is 0.134 e. The first kappa shape index (κ1) is 22.4. The molecule has 0 saturated carbocycles. The summed E-state index contributed by atoms with van der Waals surface area (Å²) >= 11 is 0. The third-order valence-electron chi connectivity index (χ3n) is 3.86. The summed E-state index contributed by atoms with van der Waals surface area (Å²) in [4.78, 5) is 8.33. The molecule has 0 heterocycles. The summed E-state index contributed by atoms with van der Waals surface area (Å²) in [6.07, 6.45) is -2.33. The number of quaternary nitrogens is 2. The molecule has 0 amide bonds. The second-order valence-corrected chi connectivity index (χ2v) is 6.18. The van der Waals surface area contributed by atoms with E-state index in [4.69, 9.17) is 15.0 Å². The summed E-state index contributed by atoms with van der Waals surface area (Å²) in [6, 6.07) is 41.4. The largest absolute Gasteiger partial charge is 0.652 e. The molecule has 4 rings (SSSR count). The minimum atomic E-state index is -2.33. The number of benzene rings is 4. The maximum absolute atomic E-state index is 8.33. The Labute approximate surface area is 176 Å². The monoisotopic (exact) mass is 400 g/mol. The topological polar surface area (TPSA) is 96.4 Å². The van der Waals surface area contributed by atoms with E-state index in [1.807, 2.05) is 24.3 Å². The van der Waals surface area contributed by atoms with Gasteiger partial charge in [-0.05, 0) is 54.7 Å². The van der Waals surface area contributed by atoms with Crippen LogP contribution in [-0.2, 0) is 0 Å². The van der Waals surface area contributed by atoms with Crippen molar-refractivity contribution in [3.63, 3.8) is 0 Å². The van der Waals surface area contributed by atoms with Crippen LogP contribution < -0.4 is 20.8 Å². The zero-order valence-corrected chi connectivity index (χ0v) is 16.4. The summed E-state index contributed by atoms with van der Waals surface area (Å²) in [5.41, 5.74) is 4.98. The molecular weight excluding hydrogens is 376 g/mol. The third-order valence-corrected chi connectivity index (χ3v) is 3.86. The Morgan fingerprint density at radius 2 is 0.600 bits per heavy atom. The molecule has 0 radical (unpaired) electrons. The van der Waals surface area contributed by atoms with Crippen LogP contribution in [-0.4, -0.2) is 6.16 Å². The van der Waals surface area contributed by atoms with Gasteiger partial charge in [0.25, 0.3) is 0 Å². The normalized spacial score (nSPS) is 9.33. The van der Waals surface area contributed by atoms with Crippen LogP contribution in [0.2, 0.25) is 0 Å². The van der Waals surface area contributed by atoms with Crippen molar-refractivity contribution in [3.8, 4) is 0 Å². The van der Waals surface area contributed by atoms with Crippen LogP contribution in [0.1, 0.15) is 0 Å². The zero-order chi connectivity index (χ0) is 21.4. The molecule has 0 fully saturated rings. The predicted molar refractivity (Wildman–Crippen MR) is 114 cm³/mol. The molecular formula is C25H24N2O3. The van der Waals surface area contributed by atoms with Crippen molar-refractivity contribution in [2.45, 2.75) is 0 Å². The fourth-order valence-electron chi connectivity index (χ4n) is 2.58. The van der Waals surface area contributed by atoms with Gasteiger partial charge in [0.05, 0.1) is 0 Å². The number of para-hydroxylation sites is 4. The van der Waals surface area contributed by atoms with E-state index in [1.165, 1.54) is 22.7 Å². The van der Waals surface area contributed by atoms with Gasteiger partial charge < -0.3 is 15.0 Å². The van der Waals surface area contributed by atoms with Crippen LogP contribution in [0.5, 0.6) is 0 Å². The molecule has 5 heteroatoms. The molecule has 4 aromatic carbocycles. The number of carbonyl (C=O) groups is 1. The van der Waals surface area contributed by atoms with Gasteiger partial charge in [0.15, 0.2) is 0 Å². The Balaban J connectivity index is 0.000000182. The second kappa shape index (κ2) is 13.3. The Bertz CT molecular complexity index is 808. The van der Waals surface area contributed by atoms with Gasteiger partial charge in [0.1, 0.15) is 22.7 Å². The minimum absolute atomic E-state index is 1.24. The van der Waals surface area contributed by atoms with Crippen molar-refractivity contribution in [2.75, 3.05) is 0 Å². The molecule has 0 bridgehead atoms. The van der Waals surface area contributed by atoms with Crippen LogP contribution in [0.15, 0.2) is 121 Å². The Hall–Kier alpha value is -3.93. The van der Waals surface area contributed by atoms with Gasteiger partial charge in [-0.25, -0.2) is 0 Å². The Morgan fingerprint density at radius 3 is 0.767 bits per heavy atom. The summed E-state index contributed by atoms with van der Waals surface area (Å²) in [6.45, 7) is 0. The average Bonchev–Trinajstić information content (AvgIpc) is 2.77. The van der Waals surface area contributed by atoms with E-state index in [-0.39, 0.29) is 0 Å². The zero-order valence-electron chi connectivity index (χ0n) is 16.4. The summed E-state index contributed by atoms with van der Waals surface area (Å²) < 4.78 is 0. The molecule has 152 valence electrons. The van der Waals surface area contributed by atoms with Gasteiger partial charge in [-0.3, -0.25) is 10.6 Å². The first-order valence-electron chi connectivity index (χ1n) is 9.41. The maximum atomic E-state index is 8.33. The van der Waals surface area contributed by atoms with Gasteiger partial charge in [0.2, 0.25) is 0 Å². The fraction of sp³-hybridized carbons (Fsp3) is 0. The lowest BCUT2D eigenvalue weighted by molar-refractivity contribution is -0.479. The van der Waals surface area contributed by atoms with E-state index in [9.17, 15) is 0 Å². The third kappa shape index (κ3) is 9.85. The highest BCUT2D eigenvalue weighted by Crippen LogP contribution is 2.04. The van der Waals surface area contributed by atoms with E-state index in [1.54, 1.807) is 0 Å². The molecule has 4 aromatic rings. The van der Waals surface area contributed by atoms with Crippen LogP contribution in [0.4, 0.5) is 27.5 Å². The average molecular weight is 400 g/mol. The second-order valence-electron chi connectivity index (χ2n) is 6.18. The number of carbonyl (C=O) groups excluding carboxylic acids is 1. The van der Waals surface area contributed by atoms with E-state index in [0.717, 1.165) is 0 Å². The van der Waals surface area contributed by atoms with Crippen LogP contribution >= 0.6 is 0 Å². The molecule has 0 aliphatic heterocycles. The molecule has 0 atom stereocenters. The summed E-state index contributed by atoms with van der Waals surface area (Å²) in [5.74, 6) is 0. The first-order valence-corrected chi connectivity index (χ1v) is 9.41. The predicted octanol–water partition coefficient (Wildman–Crippen LogP) is 1.98. The first-order chi connectivity index (χ1) is 14.6. The van der Waals surface area contributed by atoms with Crippen molar-refractivity contribution in [3.05, 3.63) is 121 Å². The molecule has 30 heavy (non-hydrogen) atoms. The lowest BCUT2D eigenvalue weighted by Crippen LogP contribution is -2.70. The molecule has 5 nitrogen and oxygen atoms in total. The van der Waals surface area contributed by atoms with Gasteiger partial charge >= 0.3 is 0 Å². The summed E-state index contributed by atoms with van der Waals surface area (Å²) in [5, 5.41) is 21.0. The van der Waals surface area contributed by atoms with Crippen molar-refractivity contribution in [1.29, 1.82) is 0 Å². The lowest BCUT2D eigenvalue weighted by atomic mass is 10.3. The summed E-state index contributed by atoms with van der Waals surface area (Å²) in [7, 11) is 0. The van der Waals surface area contributed by atoms with Crippen molar-refractivity contribution < 1.29 is 25.6 Å². The number of hydrogen-bond donors (Lipinski definition) is 2. The van der Waals surface area contributed by atoms with Crippen molar-refractivity contribution >= 4 is 28.9 Å². The van der Waals surface area contributed by atoms with E-state index < -0.39 is 6.16 Å². The van der Waals surface area contributed by atoms with E-state index in [0.29, 0.717) is 0 Å². The number of hydrogen-bond acceptors (Lipinski definition) is 3. The highest BCUT2D eigenvalue weighted by atomic mass is 16.6. The van der Waals surface area contributed by atoms with Crippen molar-refractivity contribution in [2.24, 2.45) is 0 Å². The van der Waals surface area contributed by atoms with E-state index >= 15 is 0 Å². The molecule has 4 N–H and O–H groups in total. The lowest BCUT2D eigenvalue weighted by Gasteiger charge is -1.98. The number of carboxylic acid groups (broad SMARTS) is 2. The van der Waals surface area contributed by atoms with Crippen LogP contribution in [0, 0.1) is 0 Å². The highest BCUT2D eigenvalue weighted by Gasteiger charge is 1.97. The van der Waals surface area contributed by atoms with Gasteiger partial charge in [-0.15, -0.1) is 0 Å². The SMILES string of the molecule is O=C([O-])[O-].c1ccc([NH2+]c2ccccc2)cc1.c1ccc([NH2+]c2ccccc2)cc1. The van der Waals surface area contributed by atoms with E-state index in [2.05, 4.69) is 108 Å². The quantitative estimate of drug-likeness (QED) is 0.513.